The third kappa shape index (κ3) is 4.06. The van der Waals surface area contributed by atoms with Gasteiger partial charge in [0.2, 0.25) is 0 Å². The minimum absolute atomic E-state index is 0.257. The summed E-state index contributed by atoms with van der Waals surface area (Å²) in [5.41, 5.74) is 1.57. The van der Waals surface area contributed by atoms with Crippen molar-refractivity contribution in [2.45, 2.75) is 50.0 Å². The first-order valence-electron chi connectivity index (χ1n) is 8.41. The maximum atomic E-state index is 12.4. The summed E-state index contributed by atoms with van der Waals surface area (Å²) in [5.74, 6) is 0.789. The number of sulfonamides is 1. The number of nitrogens with one attached hydrogen (secondary N) is 2. The van der Waals surface area contributed by atoms with Gasteiger partial charge in [-0.25, -0.2) is 13.4 Å². The van der Waals surface area contributed by atoms with Crippen molar-refractivity contribution in [3.05, 3.63) is 48.2 Å². The van der Waals surface area contributed by atoms with E-state index in [0.717, 1.165) is 17.8 Å². The van der Waals surface area contributed by atoms with Crippen molar-refractivity contribution in [2.24, 2.45) is 0 Å². The zero-order chi connectivity index (χ0) is 17.0. The van der Waals surface area contributed by atoms with E-state index in [1.807, 2.05) is 25.1 Å². The molecule has 24 heavy (non-hydrogen) atoms. The highest BCUT2D eigenvalue weighted by Gasteiger charge is 2.16. The van der Waals surface area contributed by atoms with Gasteiger partial charge in [0, 0.05) is 6.04 Å². The van der Waals surface area contributed by atoms with E-state index in [-0.39, 0.29) is 4.90 Å². The van der Waals surface area contributed by atoms with Crippen LogP contribution in [-0.2, 0) is 16.4 Å². The molecule has 0 aliphatic heterocycles. The van der Waals surface area contributed by atoms with E-state index in [1.165, 1.54) is 25.7 Å². The molecule has 1 aromatic heterocycles. The lowest BCUT2D eigenvalue weighted by molar-refractivity contribution is 0.601. The molecule has 5 nitrogen and oxygen atoms in total. The van der Waals surface area contributed by atoms with Crippen LogP contribution in [0.15, 0.2) is 47.5 Å². The van der Waals surface area contributed by atoms with Crippen LogP contribution in [-0.4, -0.2) is 19.4 Å². The van der Waals surface area contributed by atoms with E-state index >= 15 is 0 Å². The fourth-order valence-electron chi connectivity index (χ4n) is 2.94. The van der Waals surface area contributed by atoms with Crippen molar-refractivity contribution < 1.29 is 8.42 Å². The maximum Gasteiger partial charge on any atom is 0.261 e. The second kappa shape index (κ2) is 7.21. The second-order valence-corrected chi connectivity index (χ2v) is 7.84. The Morgan fingerprint density at radius 2 is 1.79 bits per heavy atom. The monoisotopic (exact) mass is 345 g/mol. The van der Waals surface area contributed by atoms with Crippen LogP contribution >= 0.6 is 0 Å². The number of pyridine rings is 1. The first kappa shape index (κ1) is 16.8. The zero-order valence-electron chi connectivity index (χ0n) is 13.8. The van der Waals surface area contributed by atoms with E-state index in [1.54, 1.807) is 24.4 Å². The van der Waals surface area contributed by atoms with Crippen LogP contribution in [0.2, 0.25) is 0 Å². The van der Waals surface area contributed by atoms with E-state index in [9.17, 15) is 8.42 Å². The number of rotatable bonds is 6. The Labute approximate surface area is 143 Å². The lowest BCUT2D eigenvalue weighted by Crippen LogP contribution is -2.16. The highest BCUT2D eigenvalue weighted by Crippen LogP contribution is 2.22. The van der Waals surface area contributed by atoms with Gasteiger partial charge in [-0.05, 0) is 49.1 Å². The van der Waals surface area contributed by atoms with Crippen molar-refractivity contribution in [3.63, 3.8) is 0 Å². The van der Waals surface area contributed by atoms with Crippen LogP contribution in [0.1, 0.15) is 38.2 Å². The number of aryl methyl sites for hydroxylation is 1. The number of hydrogen-bond donors (Lipinski definition) is 2. The van der Waals surface area contributed by atoms with Crippen molar-refractivity contribution in [2.75, 3.05) is 10.0 Å². The first-order valence-corrected chi connectivity index (χ1v) is 9.89. The van der Waals surface area contributed by atoms with E-state index in [2.05, 4.69) is 15.0 Å². The SMILES string of the molecule is CCc1ccc(S(=O)(=O)Nc2ccc(NC3CCCC3)nc2)cc1. The van der Waals surface area contributed by atoms with Crippen LogP contribution in [0.3, 0.4) is 0 Å². The van der Waals surface area contributed by atoms with Crippen LogP contribution in [0.4, 0.5) is 11.5 Å². The third-order valence-electron chi connectivity index (χ3n) is 4.36. The average Bonchev–Trinajstić information content (AvgIpc) is 3.09. The van der Waals surface area contributed by atoms with Gasteiger partial charge in [-0.15, -0.1) is 0 Å². The maximum absolute atomic E-state index is 12.4. The van der Waals surface area contributed by atoms with Gasteiger partial charge in [0.05, 0.1) is 16.8 Å². The van der Waals surface area contributed by atoms with Gasteiger partial charge in [-0.3, -0.25) is 4.72 Å². The lowest BCUT2D eigenvalue weighted by Gasteiger charge is -2.13. The fourth-order valence-corrected chi connectivity index (χ4v) is 3.98. The molecule has 0 amide bonds. The third-order valence-corrected chi connectivity index (χ3v) is 5.76. The van der Waals surface area contributed by atoms with Crippen molar-refractivity contribution in [1.29, 1.82) is 0 Å². The molecule has 2 aromatic rings. The summed E-state index contributed by atoms with van der Waals surface area (Å²) in [6.45, 7) is 2.04. The Morgan fingerprint density at radius 3 is 2.38 bits per heavy atom. The molecule has 1 saturated carbocycles. The zero-order valence-corrected chi connectivity index (χ0v) is 14.6. The summed E-state index contributed by atoms with van der Waals surface area (Å²) in [6.07, 6.45) is 7.29. The molecule has 0 spiro atoms. The van der Waals surface area contributed by atoms with Crippen LogP contribution in [0, 0.1) is 0 Å². The molecular formula is C18H23N3O2S. The number of hydrogen-bond acceptors (Lipinski definition) is 4. The molecule has 1 heterocycles. The standard InChI is InChI=1S/C18H23N3O2S/c1-2-14-7-10-17(11-8-14)24(22,23)21-16-9-12-18(19-13-16)20-15-5-3-4-6-15/h7-13,15,21H,2-6H2,1H3,(H,19,20). The van der Waals surface area contributed by atoms with Gasteiger partial charge in [-0.1, -0.05) is 31.9 Å². The van der Waals surface area contributed by atoms with Crippen molar-refractivity contribution in [1.82, 2.24) is 4.98 Å². The minimum atomic E-state index is -3.58. The molecule has 128 valence electrons. The van der Waals surface area contributed by atoms with E-state index in [4.69, 9.17) is 0 Å². The smallest absolute Gasteiger partial charge is 0.261 e. The quantitative estimate of drug-likeness (QED) is 0.835. The molecule has 1 aliphatic carbocycles. The van der Waals surface area contributed by atoms with Gasteiger partial charge < -0.3 is 5.32 Å². The average molecular weight is 345 g/mol. The van der Waals surface area contributed by atoms with Crippen LogP contribution in [0.25, 0.3) is 0 Å². The predicted octanol–water partition coefficient (Wildman–Crippen LogP) is 3.80. The van der Waals surface area contributed by atoms with E-state index < -0.39 is 10.0 Å². The van der Waals surface area contributed by atoms with Crippen molar-refractivity contribution >= 4 is 21.5 Å². The topological polar surface area (TPSA) is 71.1 Å². The van der Waals surface area contributed by atoms with Gasteiger partial charge in [-0.2, -0.15) is 0 Å². The molecule has 1 aliphatic rings. The number of anilines is 2. The fraction of sp³-hybridized carbons (Fsp3) is 0.389. The lowest BCUT2D eigenvalue weighted by atomic mass is 10.2. The molecule has 0 bridgehead atoms. The Kier molecular flexibility index (Phi) is 5.04. The summed E-state index contributed by atoms with van der Waals surface area (Å²) < 4.78 is 27.4. The molecule has 0 atom stereocenters. The minimum Gasteiger partial charge on any atom is -0.367 e. The largest absolute Gasteiger partial charge is 0.367 e. The molecule has 2 N–H and O–H groups in total. The van der Waals surface area contributed by atoms with Gasteiger partial charge in [0.25, 0.3) is 10.0 Å². The summed E-state index contributed by atoms with van der Waals surface area (Å²) in [4.78, 5) is 4.57. The molecule has 1 fully saturated rings. The summed E-state index contributed by atoms with van der Waals surface area (Å²) in [5, 5.41) is 3.39. The summed E-state index contributed by atoms with van der Waals surface area (Å²) in [6, 6.07) is 11.0. The normalized spacial score (nSPS) is 15.4. The molecule has 0 unspecified atom stereocenters. The number of benzene rings is 1. The molecule has 3 rings (SSSR count). The Balaban J connectivity index is 1.67. The first-order chi connectivity index (χ1) is 11.6. The molecule has 1 aromatic carbocycles. The molecular weight excluding hydrogens is 322 g/mol. The van der Waals surface area contributed by atoms with Gasteiger partial charge in [0.1, 0.15) is 5.82 Å². The molecule has 0 radical (unpaired) electrons. The Morgan fingerprint density at radius 1 is 1.08 bits per heavy atom. The van der Waals surface area contributed by atoms with Gasteiger partial charge in [0.15, 0.2) is 0 Å². The highest BCUT2D eigenvalue weighted by molar-refractivity contribution is 7.92. The molecule has 6 heteroatoms. The number of aromatic nitrogens is 1. The van der Waals surface area contributed by atoms with Crippen LogP contribution in [0.5, 0.6) is 0 Å². The molecule has 0 saturated heterocycles. The van der Waals surface area contributed by atoms with Gasteiger partial charge >= 0.3 is 0 Å². The highest BCUT2D eigenvalue weighted by atomic mass is 32.2. The Hall–Kier alpha value is -2.08. The summed E-state index contributed by atoms with van der Waals surface area (Å²) >= 11 is 0. The predicted molar refractivity (Wildman–Crippen MR) is 96.7 cm³/mol. The number of nitrogens with zero attached hydrogens (tertiary/aromatic N) is 1. The van der Waals surface area contributed by atoms with E-state index in [0.29, 0.717) is 11.7 Å². The summed E-state index contributed by atoms with van der Waals surface area (Å²) in [7, 11) is -3.58. The second-order valence-electron chi connectivity index (χ2n) is 6.16. The Bertz CT molecular complexity index is 765. The van der Waals surface area contributed by atoms with Crippen LogP contribution < -0.4 is 10.0 Å². The van der Waals surface area contributed by atoms with Crippen molar-refractivity contribution in [3.8, 4) is 0 Å².